The van der Waals surface area contributed by atoms with Crippen molar-refractivity contribution in [3.05, 3.63) is 45.7 Å². The molecule has 0 aliphatic carbocycles. The van der Waals surface area contributed by atoms with Crippen LogP contribution in [0, 0.1) is 6.92 Å². The zero-order valence-electron chi connectivity index (χ0n) is 11.1. The van der Waals surface area contributed by atoms with Crippen LogP contribution in [-0.2, 0) is 0 Å². The van der Waals surface area contributed by atoms with Crippen molar-refractivity contribution >= 4 is 34.8 Å². The second-order valence-electron chi connectivity index (χ2n) is 4.21. The Bertz CT molecular complexity index is 619. The highest BCUT2D eigenvalue weighted by Crippen LogP contribution is 2.24. The van der Waals surface area contributed by atoms with Crippen LogP contribution >= 0.6 is 23.2 Å². The third kappa shape index (κ3) is 3.26. The summed E-state index contributed by atoms with van der Waals surface area (Å²) in [6, 6.07) is 6.93. The fraction of sp³-hybridized carbons (Fsp3) is 0.214. The number of aromatic amines is 1. The van der Waals surface area contributed by atoms with E-state index in [9.17, 15) is 4.79 Å². The van der Waals surface area contributed by atoms with E-state index in [0.29, 0.717) is 23.0 Å². The number of carbonyl (C=O) groups is 1. The number of hydrogen-bond donors (Lipinski definition) is 2. The summed E-state index contributed by atoms with van der Waals surface area (Å²) < 4.78 is 5.45. The maximum absolute atomic E-state index is 12.0. The summed E-state index contributed by atoms with van der Waals surface area (Å²) in [6.45, 7) is 4.45. The van der Waals surface area contributed by atoms with Crippen LogP contribution in [0.25, 0.3) is 0 Å². The molecule has 2 aromatic rings. The molecule has 0 radical (unpaired) electrons. The largest absolute Gasteiger partial charge is 0.494 e. The SMILES string of the molecule is CCOc1ccc(NC(=O)c2cc(Cl)c(Cl)[nH]2)cc1C. The maximum Gasteiger partial charge on any atom is 0.272 e. The normalized spacial score (nSPS) is 10.4. The molecular weight excluding hydrogens is 299 g/mol. The summed E-state index contributed by atoms with van der Waals surface area (Å²) in [4.78, 5) is 14.7. The van der Waals surface area contributed by atoms with Crippen LogP contribution in [-0.4, -0.2) is 17.5 Å². The number of hydrogen-bond acceptors (Lipinski definition) is 2. The summed E-state index contributed by atoms with van der Waals surface area (Å²) in [7, 11) is 0. The van der Waals surface area contributed by atoms with Crippen LogP contribution in [0.1, 0.15) is 23.0 Å². The molecule has 0 spiro atoms. The molecule has 1 heterocycles. The average Bonchev–Trinajstić information content (AvgIpc) is 2.73. The fourth-order valence-corrected chi connectivity index (χ4v) is 2.08. The zero-order valence-corrected chi connectivity index (χ0v) is 12.6. The standard InChI is InChI=1S/C14H14Cl2N2O2/c1-3-20-12-5-4-9(6-8(12)2)17-14(19)11-7-10(15)13(16)18-11/h4-7,18H,3H2,1-2H3,(H,17,19). The first-order chi connectivity index (χ1) is 9.51. The number of nitrogens with one attached hydrogen (secondary N) is 2. The Morgan fingerprint density at radius 1 is 1.35 bits per heavy atom. The molecule has 1 amide bonds. The van der Waals surface area contributed by atoms with Crippen LogP contribution in [0.4, 0.5) is 5.69 Å². The van der Waals surface area contributed by atoms with E-state index in [0.717, 1.165) is 11.3 Å². The van der Waals surface area contributed by atoms with E-state index in [1.807, 2.05) is 26.0 Å². The van der Waals surface area contributed by atoms with Gasteiger partial charge in [0.15, 0.2) is 0 Å². The van der Waals surface area contributed by atoms with E-state index in [1.165, 1.54) is 6.07 Å². The van der Waals surface area contributed by atoms with E-state index in [-0.39, 0.29) is 11.1 Å². The van der Waals surface area contributed by atoms with Gasteiger partial charge in [0.05, 0.1) is 11.6 Å². The second-order valence-corrected chi connectivity index (χ2v) is 5.00. The minimum atomic E-state index is -0.303. The van der Waals surface area contributed by atoms with E-state index >= 15 is 0 Å². The molecule has 6 heteroatoms. The lowest BCUT2D eigenvalue weighted by molar-refractivity contribution is 0.102. The molecule has 0 aliphatic rings. The third-order valence-corrected chi connectivity index (χ3v) is 3.40. The van der Waals surface area contributed by atoms with Crippen molar-refractivity contribution in [1.29, 1.82) is 0 Å². The maximum atomic E-state index is 12.0. The number of amides is 1. The summed E-state index contributed by atoms with van der Waals surface area (Å²) in [5.41, 5.74) is 1.94. The summed E-state index contributed by atoms with van der Waals surface area (Å²) in [5, 5.41) is 3.33. The van der Waals surface area contributed by atoms with Crippen LogP contribution in [0.2, 0.25) is 10.2 Å². The van der Waals surface area contributed by atoms with Crippen molar-refractivity contribution in [3.63, 3.8) is 0 Å². The molecule has 106 valence electrons. The van der Waals surface area contributed by atoms with Gasteiger partial charge in [0.1, 0.15) is 16.6 Å². The van der Waals surface area contributed by atoms with Gasteiger partial charge in [-0.15, -0.1) is 0 Å². The van der Waals surface area contributed by atoms with Crippen LogP contribution < -0.4 is 10.1 Å². The van der Waals surface area contributed by atoms with Gasteiger partial charge in [-0.1, -0.05) is 23.2 Å². The number of carbonyl (C=O) groups excluding carboxylic acids is 1. The van der Waals surface area contributed by atoms with Gasteiger partial charge in [0, 0.05) is 5.69 Å². The summed E-state index contributed by atoms with van der Waals surface area (Å²) in [6.07, 6.45) is 0. The first kappa shape index (κ1) is 14.8. The van der Waals surface area contributed by atoms with Crippen molar-refractivity contribution in [3.8, 4) is 5.75 Å². The molecule has 2 rings (SSSR count). The second kappa shape index (κ2) is 6.20. The predicted molar refractivity (Wildman–Crippen MR) is 81.1 cm³/mol. The Morgan fingerprint density at radius 2 is 2.10 bits per heavy atom. The minimum absolute atomic E-state index is 0.250. The number of anilines is 1. The van der Waals surface area contributed by atoms with Crippen molar-refractivity contribution in [1.82, 2.24) is 4.98 Å². The Labute approximate surface area is 127 Å². The Kier molecular flexibility index (Phi) is 4.57. The first-order valence-corrected chi connectivity index (χ1v) is 6.85. The van der Waals surface area contributed by atoms with Gasteiger partial charge in [-0.3, -0.25) is 4.79 Å². The molecule has 0 saturated heterocycles. The predicted octanol–water partition coefficient (Wildman–Crippen LogP) is 4.28. The third-order valence-electron chi connectivity index (χ3n) is 2.70. The number of ether oxygens (including phenoxy) is 1. The lowest BCUT2D eigenvalue weighted by Gasteiger charge is -2.09. The molecule has 0 saturated carbocycles. The molecule has 0 bridgehead atoms. The molecule has 1 aromatic carbocycles. The molecule has 0 unspecified atom stereocenters. The summed E-state index contributed by atoms with van der Waals surface area (Å²) in [5.74, 6) is 0.499. The molecule has 0 fully saturated rings. The Balaban J connectivity index is 2.13. The van der Waals surface area contributed by atoms with Gasteiger partial charge in [-0.05, 0) is 43.7 Å². The van der Waals surface area contributed by atoms with Crippen LogP contribution in [0.15, 0.2) is 24.3 Å². The smallest absolute Gasteiger partial charge is 0.272 e. The summed E-state index contributed by atoms with van der Waals surface area (Å²) >= 11 is 11.6. The average molecular weight is 313 g/mol. The quantitative estimate of drug-likeness (QED) is 0.885. The topological polar surface area (TPSA) is 54.1 Å². The van der Waals surface area contributed by atoms with Gasteiger partial charge in [0.2, 0.25) is 0 Å². The number of H-pyrrole nitrogens is 1. The molecular formula is C14H14Cl2N2O2. The highest BCUT2D eigenvalue weighted by atomic mass is 35.5. The molecule has 2 N–H and O–H groups in total. The first-order valence-electron chi connectivity index (χ1n) is 6.10. The number of rotatable bonds is 4. The zero-order chi connectivity index (χ0) is 14.7. The highest BCUT2D eigenvalue weighted by Gasteiger charge is 2.12. The van der Waals surface area contributed by atoms with Gasteiger partial charge < -0.3 is 15.0 Å². The lowest BCUT2D eigenvalue weighted by Crippen LogP contribution is -2.12. The number of aryl methyl sites for hydroxylation is 1. The van der Waals surface area contributed by atoms with Gasteiger partial charge in [-0.2, -0.15) is 0 Å². The van der Waals surface area contributed by atoms with Crippen molar-refractivity contribution in [2.24, 2.45) is 0 Å². The van der Waals surface area contributed by atoms with Crippen molar-refractivity contribution < 1.29 is 9.53 Å². The van der Waals surface area contributed by atoms with Gasteiger partial charge in [-0.25, -0.2) is 0 Å². The van der Waals surface area contributed by atoms with E-state index in [1.54, 1.807) is 6.07 Å². The molecule has 1 aromatic heterocycles. The van der Waals surface area contributed by atoms with Gasteiger partial charge in [0.25, 0.3) is 5.91 Å². The molecule has 0 atom stereocenters. The van der Waals surface area contributed by atoms with Crippen LogP contribution in [0.5, 0.6) is 5.75 Å². The monoisotopic (exact) mass is 312 g/mol. The van der Waals surface area contributed by atoms with Crippen molar-refractivity contribution in [2.75, 3.05) is 11.9 Å². The van der Waals surface area contributed by atoms with Gasteiger partial charge >= 0.3 is 0 Å². The number of aromatic nitrogens is 1. The minimum Gasteiger partial charge on any atom is -0.494 e. The fourth-order valence-electron chi connectivity index (χ4n) is 1.77. The molecule has 4 nitrogen and oxygen atoms in total. The number of benzene rings is 1. The van der Waals surface area contributed by atoms with Crippen molar-refractivity contribution in [2.45, 2.75) is 13.8 Å². The highest BCUT2D eigenvalue weighted by molar-refractivity contribution is 6.41. The number of halogens is 2. The van der Waals surface area contributed by atoms with E-state index in [2.05, 4.69) is 10.3 Å². The van der Waals surface area contributed by atoms with Crippen LogP contribution in [0.3, 0.4) is 0 Å². The Hall–Kier alpha value is -1.65. The lowest BCUT2D eigenvalue weighted by atomic mass is 10.2. The van der Waals surface area contributed by atoms with E-state index < -0.39 is 0 Å². The molecule has 20 heavy (non-hydrogen) atoms. The molecule has 0 aliphatic heterocycles. The van der Waals surface area contributed by atoms with E-state index in [4.69, 9.17) is 27.9 Å². The Morgan fingerprint density at radius 3 is 2.65 bits per heavy atom.